The fourth-order valence-electron chi connectivity index (χ4n) is 1.73. The summed E-state index contributed by atoms with van der Waals surface area (Å²) >= 11 is 0. The first-order valence-electron chi connectivity index (χ1n) is 5.31. The number of halogens is 1. The van der Waals surface area contributed by atoms with Crippen LogP contribution in [0, 0.1) is 5.82 Å². The molecule has 1 N–H and O–H groups in total. The molecule has 2 unspecified atom stereocenters. The largest absolute Gasteiger partial charge is 0.350 e. The number of carbonyl (C=O) groups is 2. The van der Waals surface area contributed by atoms with E-state index in [9.17, 15) is 14.0 Å². The number of rotatable bonds is 4. The lowest BCUT2D eigenvalue weighted by Gasteiger charge is -2.10. The van der Waals surface area contributed by atoms with Gasteiger partial charge in [-0.2, -0.15) is 0 Å². The van der Waals surface area contributed by atoms with Crippen LogP contribution in [0.25, 0.3) is 0 Å². The van der Waals surface area contributed by atoms with Crippen LogP contribution >= 0.6 is 0 Å². The minimum absolute atomic E-state index is 0.270. The molecule has 5 heteroatoms. The van der Waals surface area contributed by atoms with Crippen LogP contribution in [0.5, 0.6) is 0 Å². The molecule has 1 aliphatic rings. The fourth-order valence-corrected chi connectivity index (χ4v) is 1.73. The highest BCUT2D eigenvalue weighted by Crippen LogP contribution is 2.12. The van der Waals surface area contributed by atoms with Crippen molar-refractivity contribution in [3.05, 3.63) is 35.6 Å². The standard InChI is InChI=1S/C12H12FNO3/c13-9-3-1-8(2-4-9)5-12-14-6-11(17-12)10(16)7-15/h1-4,7,11-12,14H,5-6H2. The Kier molecular flexibility index (Phi) is 3.61. The van der Waals surface area contributed by atoms with Crippen LogP contribution in [0.4, 0.5) is 4.39 Å². The molecule has 4 nitrogen and oxygen atoms in total. The van der Waals surface area contributed by atoms with Crippen molar-refractivity contribution < 1.29 is 18.7 Å². The quantitative estimate of drug-likeness (QED) is 0.610. The van der Waals surface area contributed by atoms with Gasteiger partial charge in [-0.1, -0.05) is 12.1 Å². The summed E-state index contributed by atoms with van der Waals surface area (Å²) in [7, 11) is 0. The van der Waals surface area contributed by atoms with Gasteiger partial charge in [-0.25, -0.2) is 4.39 Å². The number of ketones is 1. The monoisotopic (exact) mass is 237 g/mol. The lowest BCUT2D eigenvalue weighted by molar-refractivity contribution is -0.137. The summed E-state index contributed by atoms with van der Waals surface area (Å²) in [6, 6.07) is 6.07. The van der Waals surface area contributed by atoms with Crippen LogP contribution in [0.2, 0.25) is 0 Å². The van der Waals surface area contributed by atoms with Crippen LogP contribution in [0.1, 0.15) is 5.56 Å². The molecule has 90 valence electrons. The van der Waals surface area contributed by atoms with Gasteiger partial charge < -0.3 is 4.74 Å². The highest BCUT2D eigenvalue weighted by atomic mass is 19.1. The molecule has 0 saturated carbocycles. The predicted molar refractivity (Wildman–Crippen MR) is 57.8 cm³/mol. The minimum atomic E-state index is -0.696. The van der Waals surface area contributed by atoms with E-state index in [0.29, 0.717) is 13.0 Å². The Balaban J connectivity index is 1.91. The maximum atomic E-state index is 12.7. The van der Waals surface area contributed by atoms with Gasteiger partial charge in [0.2, 0.25) is 5.78 Å². The molecule has 1 fully saturated rings. The normalized spacial score (nSPS) is 23.6. The van der Waals surface area contributed by atoms with E-state index < -0.39 is 11.9 Å². The first-order chi connectivity index (χ1) is 8.19. The van der Waals surface area contributed by atoms with Crippen molar-refractivity contribution in [3.8, 4) is 0 Å². The van der Waals surface area contributed by atoms with Gasteiger partial charge in [0.15, 0.2) is 6.29 Å². The van der Waals surface area contributed by atoms with E-state index in [-0.39, 0.29) is 18.3 Å². The Bertz CT molecular complexity index is 418. The first kappa shape index (κ1) is 11.9. The molecule has 1 saturated heterocycles. The van der Waals surface area contributed by atoms with Crippen LogP contribution in [0.3, 0.4) is 0 Å². The van der Waals surface area contributed by atoms with E-state index in [0.717, 1.165) is 5.56 Å². The molecule has 0 spiro atoms. The highest BCUT2D eigenvalue weighted by Gasteiger charge is 2.29. The van der Waals surface area contributed by atoms with Crippen LogP contribution < -0.4 is 5.32 Å². The van der Waals surface area contributed by atoms with Gasteiger partial charge in [-0.15, -0.1) is 0 Å². The minimum Gasteiger partial charge on any atom is -0.350 e. The molecular formula is C12H12FNO3. The number of Topliss-reactive ketones (excluding diaryl/α,β-unsaturated/α-hetero) is 1. The molecule has 1 aromatic carbocycles. The summed E-state index contributed by atoms with van der Waals surface area (Å²) in [5.41, 5.74) is 0.906. The van der Waals surface area contributed by atoms with Crippen LogP contribution in [0.15, 0.2) is 24.3 Å². The third-order valence-corrected chi connectivity index (χ3v) is 2.63. The Morgan fingerprint density at radius 1 is 1.47 bits per heavy atom. The number of hydrogen-bond donors (Lipinski definition) is 1. The van der Waals surface area contributed by atoms with Gasteiger partial charge in [0.25, 0.3) is 0 Å². The SMILES string of the molecule is O=CC(=O)C1CNC(Cc2ccc(F)cc2)O1. The molecule has 0 amide bonds. The fraction of sp³-hybridized carbons (Fsp3) is 0.333. The molecule has 1 aromatic rings. The zero-order valence-corrected chi connectivity index (χ0v) is 9.06. The molecule has 0 aromatic heterocycles. The number of carbonyl (C=O) groups excluding carboxylic acids is 2. The smallest absolute Gasteiger partial charge is 0.225 e. The van der Waals surface area contributed by atoms with E-state index in [2.05, 4.69) is 5.32 Å². The summed E-state index contributed by atoms with van der Waals surface area (Å²) in [5, 5.41) is 2.99. The van der Waals surface area contributed by atoms with Crippen molar-refractivity contribution >= 4 is 12.1 Å². The van der Waals surface area contributed by atoms with E-state index in [4.69, 9.17) is 4.74 Å². The Morgan fingerprint density at radius 3 is 2.82 bits per heavy atom. The molecular weight excluding hydrogens is 225 g/mol. The summed E-state index contributed by atoms with van der Waals surface area (Å²) in [5.74, 6) is -0.845. The van der Waals surface area contributed by atoms with Gasteiger partial charge in [-0.3, -0.25) is 14.9 Å². The van der Waals surface area contributed by atoms with Crippen LogP contribution in [-0.2, 0) is 20.7 Å². The molecule has 1 heterocycles. The molecule has 2 atom stereocenters. The lowest BCUT2D eigenvalue weighted by Crippen LogP contribution is -2.25. The molecule has 0 radical (unpaired) electrons. The van der Waals surface area contributed by atoms with Gasteiger partial charge in [0.1, 0.15) is 18.1 Å². The van der Waals surface area contributed by atoms with Gasteiger partial charge >= 0.3 is 0 Å². The Hall–Kier alpha value is -1.59. The Morgan fingerprint density at radius 2 is 2.18 bits per heavy atom. The molecule has 2 rings (SSSR count). The second-order valence-electron chi connectivity index (χ2n) is 3.87. The van der Waals surface area contributed by atoms with Crippen molar-refractivity contribution in [1.82, 2.24) is 5.32 Å². The van der Waals surface area contributed by atoms with E-state index in [1.807, 2.05) is 0 Å². The summed E-state index contributed by atoms with van der Waals surface area (Å²) in [6.45, 7) is 0.337. The number of aldehydes is 1. The first-order valence-corrected chi connectivity index (χ1v) is 5.31. The van der Waals surface area contributed by atoms with Gasteiger partial charge in [0.05, 0.1) is 0 Å². The highest BCUT2D eigenvalue weighted by molar-refractivity contribution is 6.27. The topological polar surface area (TPSA) is 55.4 Å². The molecule has 0 aliphatic carbocycles. The van der Waals surface area contributed by atoms with Crippen molar-refractivity contribution in [3.63, 3.8) is 0 Å². The number of benzene rings is 1. The zero-order valence-electron chi connectivity index (χ0n) is 9.06. The summed E-state index contributed by atoms with van der Waals surface area (Å²) in [4.78, 5) is 21.4. The van der Waals surface area contributed by atoms with Crippen molar-refractivity contribution in [2.24, 2.45) is 0 Å². The lowest BCUT2D eigenvalue weighted by atomic mass is 10.1. The molecule has 1 aliphatic heterocycles. The van der Waals surface area contributed by atoms with E-state index >= 15 is 0 Å². The average molecular weight is 237 g/mol. The summed E-state index contributed by atoms with van der Waals surface area (Å²) < 4.78 is 18.0. The van der Waals surface area contributed by atoms with E-state index in [1.54, 1.807) is 12.1 Å². The Labute approximate surface area is 97.8 Å². The number of ether oxygens (including phenoxy) is 1. The van der Waals surface area contributed by atoms with Crippen molar-refractivity contribution in [2.45, 2.75) is 18.8 Å². The maximum absolute atomic E-state index is 12.7. The van der Waals surface area contributed by atoms with Crippen molar-refractivity contribution in [2.75, 3.05) is 6.54 Å². The summed E-state index contributed by atoms with van der Waals surface area (Å²) in [6.07, 6.45) is -0.206. The van der Waals surface area contributed by atoms with Crippen LogP contribution in [-0.4, -0.2) is 30.9 Å². The second-order valence-corrected chi connectivity index (χ2v) is 3.87. The number of nitrogens with one attached hydrogen (secondary N) is 1. The van der Waals surface area contributed by atoms with Gasteiger partial charge in [-0.05, 0) is 17.7 Å². The molecule has 0 bridgehead atoms. The third-order valence-electron chi connectivity index (χ3n) is 2.63. The average Bonchev–Trinajstić information content (AvgIpc) is 2.80. The molecule has 17 heavy (non-hydrogen) atoms. The third kappa shape index (κ3) is 2.95. The predicted octanol–water partition coefficient (Wildman–Crippen LogP) is 0.451. The zero-order chi connectivity index (χ0) is 12.3. The second kappa shape index (κ2) is 5.16. The van der Waals surface area contributed by atoms with Gasteiger partial charge in [0, 0.05) is 13.0 Å². The van der Waals surface area contributed by atoms with Crippen molar-refractivity contribution in [1.29, 1.82) is 0 Å². The van der Waals surface area contributed by atoms with E-state index in [1.165, 1.54) is 12.1 Å². The maximum Gasteiger partial charge on any atom is 0.225 e. The number of hydrogen-bond acceptors (Lipinski definition) is 4.